The molecule has 0 N–H and O–H groups in total. The average Bonchev–Trinajstić information content (AvgIpc) is 3.20. The lowest BCUT2D eigenvalue weighted by atomic mass is 10.2. The molecule has 0 unspecified atom stereocenters. The van der Waals surface area contributed by atoms with Gasteiger partial charge in [-0.2, -0.15) is 0 Å². The average molecular weight is 405 g/mol. The van der Waals surface area contributed by atoms with Crippen LogP contribution in [-0.4, -0.2) is 48.5 Å². The van der Waals surface area contributed by atoms with Crippen LogP contribution in [-0.2, 0) is 23.9 Å². The molecule has 0 spiro atoms. The Morgan fingerprint density at radius 3 is 2.03 bits per heavy atom. The Kier molecular flexibility index (Phi) is 7.16. The van der Waals surface area contributed by atoms with Gasteiger partial charge in [0.05, 0.1) is 13.7 Å². The Labute approximate surface area is 175 Å². The normalized spacial score (nSPS) is 18.6. The molecule has 0 aromatic heterocycles. The molecule has 2 atom stereocenters. The molecule has 1 aliphatic rings. The first kappa shape index (κ1) is 21.0. The monoisotopic (exact) mass is 405 g/mol. The van der Waals surface area contributed by atoms with E-state index in [2.05, 4.69) is 0 Å². The number of rotatable bonds is 6. The van der Waals surface area contributed by atoms with Crippen LogP contribution < -0.4 is 0 Å². The molecular formula is C24H23NO5. The fraction of sp³-hybridized carbons (Fsp3) is 0.208. The van der Waals surface area contributed by atoms with Gasteiger partial charge in [0.2, 0.25) is 5.91 Å². The van der Waals surface area contributed by atoms with Crippen molar-refractivity contribution in [3.8, 4) is 0 Å². The van der Waals surface area contributed by atoms with Gasteiger partial charge in [0.1, 0.15) is 12.1 Å². The quantitative estimate of drug-likeness (QED) is 0.545. The Bertz CT molecular complexity index is 937. The van der Waals surface area contributed by atoms with Crippen LogP contribution in [0.1, 0.15) is 17.5 Å². The van der Waals surface area contributed by atoms with E-state index in [4.69, 9.17) is 9.47 Å². The van der Waals surface area contributed by atoms with Gasteiger partial charge in [-0.25, -0.2) is 9.59 Å². The van der Waals surface area contributed by atoms with Crippen molar-refractivity contribution in [2.45, 2.75) is 18.6 Å². The molecule has 0 aliphatic carbocycles. The summed E-state index contributed by atoms with van der Waals surface area (Å²) in [6.07, 6.45) is 5.69. The van der Waals surface area contributed by atoms with Crippen LogP contribution in [0.5, 0.6) is 0 Å². The first-order valence-electron chi connectivity index (χ1n) is 9.62. The molecule has 1 amide bonds. The molecule has 6 nitrogen and oxygen atoms in total. The van der Waals surface area contributed by atoms with Crippen LogP contribution in [0.15, 0.2) is 72.8 Å². The van der Waals surface area contributed by atoms with Crippen LogP contribution in [0.4, 0.5) is 0 Å². The van der Waals surface area contributed by atoms with Crippen molar-refractivity contribution in [1.29, 1.82) is 0 Å². The number of esters is 2. The number of likely N-dealkylation sites (tertiary alicyclic amines) is 1. The van der Waals surface area contributed by atoms with Crippen LogP contribution in [0.3, 0.4) is 0 Å². The molecule has 1 heterocycles. The number of amides is 1. The lowest BCUT2D eigenvalue weighted by Gasteiger charge is -2.20. The molecule has 1 fully saturated rings. The van der Waals surface area contributed by atoms with Gasteiger partial charge < -0.3 is 14.4 Å². The molecule has 0 radical (unpaired) electrons. The number of hydrogen-bond donors (Lipinski definition) is 0. The van der Waals surface area contributed by atoms with Gasteiger partial charge >= 0.3 is 11.9 Å². The number of benzene rings is 2. The summed E-state index contributed by atoms with van der Waals surface area (Å²) in [6.45, 7) is 0.128. The highest BCUT2D eigenvalue weighted by molar-refractivity contribution is 5.95. The summed E-state index contributed by atoms with van der Waals surface area (Å²) in [7, 11) is 1.27. The summed E-state index contributed by atoms with van der Waals surface area (Å²) >= 11 is 0. The van der Waals surface area contributed by atoms with Crippen molar-refractivity contribution >= 4 is 30.0 Å². The van der Waals surface area contributed by atoms with E-state index < -0.39 is 24.1 Å². The van der Waals surface area contributed by atoms with E-state index in [0.717, 1.165) is 11.1 Å². The largest absolute Gasteiger partial charge is 0.467 e. The second kappa shape index (κ2) is 10.2. The Balaban J connectivity index is 1.64. The summed E-state index contributed by atoms with van der Waals surface area (Å²) in [5.41, 5.74) is 1.74. The molecule has 2 aromatic carbocycles. The zero-order chi connectivity index (χ0) is 21.3. The lowest BCUT2D eigenvalue weighted by molar-refractivity contribution is -0.149. The fourth-order valence-electron chi connectivity index (χ4n) is 3.25. The van der Waals surface area contributed by atoms with Gasteiger partial charge in [-0.3, -0.25) is 4.79 Å². The predicted molar refractivity (Wildman–Crippen MR) is 113 cm³/mol. The second-order valence-corrected chi connectivity index (χ2v) is 6.81. The molecule has 2 aromatic rings. The first-order chi connectivity index (χ1) is 14.6. The molecular weight excluding hydrogens is 382 g/mol. The minimum absolute atomic E-state index is 0.128. The number of ether oxygens (including phenoxy) is 2. The van der Waals surface area contributed by atoms with Crippen molar-refractivity contribution in [3.05, 3.63) is 83.9 Å². The summed E-state index contributed by atoms with van der Waals surface area (Å²) in [5.74, 6) is -1.40. The maximum absolute atomic E-state index is 12.7. The highest BCUT2D eigenvalue weighted by atomic mass is 16.5. The summed E-state index contributed by atoms with van der Waals surface area (Å²) in [5, 5.41) is 0. The van der Waals surface area contributed by atoms with Gasteiger partial charge in [-0.05, 0) is 23.3 Å². The highest BCUT2D eigenvalue weighted by Gasteiger charge is 2.41. The van der Waals surface area contributed by atoms with Crippen molar-refractivity contribution in [2.24, 2.45) is 0 Å². The Hall–Kier alpha value is -3.67. The van der Waals surface area contributed by atoms with Crippen molar-refractivity contribution in [3.63, 3.8) is 0 Å². The van der Waals surface area contributed by atoms with Crippen molar-refractivity contribution in [2.75, 3.05) is 13.7 Å². The van der Waals surface area contributed by atoms with Crippen LogP contribution in [0.25, 0.3) is 12.2 Å². The van der Waals surface area contributed by atoms with E-state index in [1.165, 1.54) is 24.2 Å². The zero-order valence-electron chi connectivity index (χ0n) is 16.6. The van der Waals surface area contributed by atoms with Gasteiger partial charge in [0, 0.05) is 18.6 Å². The van der Waals surface area contributed by atoms with E-state index in [1.54, 1.807) is 12.2 Å². The van der Waals surface area contributed by atoms with Crippen molar-refractivity contribution in [1.82, 2.24) is 4.90 Å². The molecule has 0 saturated carbocycles. The molecule has 3 rings (SSSR count). The van der Waals surface area contributed by atoms with E-state index in [-0.39, 0.29) is 18.9 Å². The second-order valence-electron chi connectivity index (χ2n) is 6.81. The molecule has 1 aliphatic heterocycles. The topological polar surface area (TPSA) is 72.9 Å². The Morgan fingerprint density at radius 1 is 0.900 bits per heavy atom. The van der Waals surface area contributed by atoms with E-state index in [9.17, 15) is 14.4 Å². The van der Waals surface area contributed by atoms with Crippen LogP contribution >= 0.6 is 0 Å². The summed E-state index contributed by atoms with van der Waals surface area (Å²) < 4.78 is 10.3. The van der Waals surface area contributed by atoms with Gasteiger partial charge in [0.25, 0.3) is 0 Å². The summed E-state index contributed by atoms with van der Waals surface area (Å²) in [6, 6.07) is 17.9. The van der Waals surface area contributed by atoms with E-state index in [0.29, 0.717) is 0 Å². The van der Waals surface area contributed by atoms with Gasteiger partial charge in [-0.1, -0.05) is 60.7 Å². The smallest absolute Gasteiger partial charge is 0.331 e. The molecule has 6 heteroatoms. The van der Waals surface area contributed by atoms with Gasteiger partial charge in [0.15, 0.2) is 0 Å². The number of carbonyl (C=O) groups is 3. The van der Waals surface area contributed by atoms with E-state index in [1.807, 2.05) is 60.7 Å². The Morgan fingerprint density at radius 2 is 1.47 bits per heavy atom. The maximum Gasteiger partial charge on any atom is 0.331 e. The fourth-order valence-corrected chi connectivity index (χ4v) is 3.25. The summed E-state index contributed by atoms with van der Waals surface area (Å²) in [4.78, 5) is 38.4. The van der Waals surface area contributed by atoms with Crippen LogP contribution in [0, 0.1) is 0 Å². The van der Waals surface area contributed by atoms with Crippen molar-refractivity contribution < 1.29 is 23.9 Å². The van der Waals surface area contributed by atoms with Crippen LogP contribution in [0.2, 0.25) is 0 Å². The third-order valence-electron chi connectivity index (χ3n) is 4.73. The highest BCUT2D eigenvalue weighted by Crippen LogP contribution is 2.23. The SMILES string of the molecule is COC(=O)[C@@H]1C[C@@H](OC(=O)/C=C/c2ccccc2)CN1C(=O)/C=C/c1ccccc1. The number of hydrogen-bond acceptors (Lipinski definition) is 5. The number of nitrogens with zero attached hydrogens (tertiary/aromatic N) is 1. The standard InChI is InChI=1S/C24H23NO5/c1-29-24(28)21-16-20(30-23(27)15-13-19-10-6-3-7-11-19)17-25(21)22(26)14-12-18-8-4-2-5-9-18/h2-15,20-21H,16-17H2,1H3/b14-12+,15-13+/t20-,21+/m1/s1. The number of carbonyl (C=O) groups excluding carboxylic acids is 3. The molecule has 1 saturated heterocycles. The van der Waals surface area contributed by atoms with Gasteiger partial charge in [-0.15, -0.1) is 0 Å². The minimum Gasteiger partial charge on any atom is -0.467 e. The predicted octanol–water partition coefficient (Wildman–Crippen LogP) is 3.10. The third kappa shape index (κ3) is 5.67. The molecule has 154 valence electrons. The minimum atomic E-state index is -0.793. The third-order valence-corrected chi connectivity index (χ3v) is 4.73. The maximum atomic E-state index is 12.7. The first-order valence-corrected chi connectivity index (χ1v) is 9.62. The molecule has 30 heavy (non-hydrogen) atoms. The molecule has 0 bridgehead atoms. The lowest BCUT2D eigenvalue weighted by Crippen LogP contribution is -2.40. The van der Waals surface area contributed by atoms with E-state index >= 15 is 0 Å². The number of methoxy groups -OCH3 is 1. The zero-order valence-corrected chi connectivity index (χ0v) is 16.6.